The van der Waals surface area contributed by atoms with E-state index in [1.165, 1.54) is 22.3 Å². The van der Waals surface area contributed by atoms with E-state index >= 15 is 0 Å². The highest BCUT2D eigenvalue weighted by atomic mass is 35.5. The van der Waals surface area contributed by atoms with E-state index in [4.69, 9.17) is 17.3 Å². The van der Waals surface area contributed by atoms with Crippen LogP contribution in [-0.4, -0.2) is 9.78 Å². The number of nitrogen functional groups attached to an aromatic ring is 1. The van der Waals surface area contributed by atoms with Crippen molar-refractivity contribution in [3.8, 4) is 11.1 Å². The quantitative estimate of drug-likeness (QED) is 0.576. The molecule has 0 spiro atoms. The van der Waals surface area contributed by atoms with Crippen LogP contribution in [0.1, 0.15) is 22.9 Å². The first-order chi connectivity index (χ1) is 10.2. The second-order valence-corrected chi connectivity index (χ2v) is 5.68. The summed E-state index contributed by atoms with van der Waals surface area (Å²) in [6.45, 7) is 1.88. The molecule has 4 heteroatoms. The summed E-state index contributed by atoms with van der Waals surface area (Å²) in [4.78, 5) is 0. The van der Waals surface area contributed by atoms with Crippen LogP contribution in [0.5, 0.6) is 0 Å². The Morgan fingerprint density at radius 1 is 1.00 bits per heavy atom. The summed E-state index contributed by atoms with van der Waals surface area (Å²) in [6, 6.07) is 16.7. The molecule has 2 aromatic carbocycles. The highest BCUT2D eigenvalue weighted by Gasteiger charge is 2.31. The molecule has 0 atom stereocenters. The lowest BCUT2D eigenvalue weighted by molar-refractivity contribution is 0.610. The zero-order chi connectivity index (χ0) is 14.6. The number of fused-ring (bicyclic) bond motifs is 3. The lowest BCUT2D eigenvalue weighted by Crippen LogP contribution is -2.13. The predicted octanol–water partition coefficient (Wildman–Crippen LogP) is 4.05. The van der Waals surface area contributed by atoms with Crippen LogP contribution in [-0.2, 0) is 0 Å². The monoisotopic (exact) mass is 295 g/mol. The van der Waals surface area contributed by atoms with Crippen LogP contribution in [0.15, 0.2) is 48.5 Å². The van der Waals surface area contributed by atoms with E-state index in [1.807, 2.05) is 23.7 Å². The second kappa shape index (κ2) is 4.37. The van der Waals surface area contributed by atoms with Crippen LogP contribution in [0.3, 0.4) is 0 Å². The molecule has 0 radical (unpaired) electrons. The molecule has 1 heterocycles. The van der Waals surface area contributed by atoms with Crippen molar-refractivity contribution in [2.75, 3.05) is 5.73 Å². The maximum Gasteiger partial charge on any atom is 0.141 e. The van der Waals surface area contributed by atoms with Gasteiger partial charge in [-0.2, -0.15) is 5.10 Å². The van der Waals surface area contributed by atoms with Crippen molar-refractivity contribution in [1.29, 1.82) is 0 Å². The van der Waals surface area contributed by atoms with Gasteiger partial charge in [-0.25, -0.2) is 4.68 Å². The molecule has 1 aliphatic rings. The topological polar surface area (TPSA) is 43.8 Å². The molecule has 0 unspecified atom stereocenters. The van der Waals surface area contributed by atoms with Crippen LogP contribution in [0.2, 0.25) is 5.02 Å². The lowest BCUT2D eigenvalue weighted by Gasteiger charge is -2.16. The molecule has 1 aromatic heterocycles. The molecular weight excluding hydrogens is 282 g/mol. The number of nitrogens with zero attached hydrogens (tertiary/aromatic N) is 2. The Hall–Kier alpha value is -2.26. The van der Waals surface area contributed by atoms with Gasteiger partial charge in [0.25, 0.3) is 0 Å². The number of aromatic nitrogens is 2. The maximum absolute atomic E-state index is 6.22. The third-order valence-corrected chi connectivity index (χ3v) is 4.56. The first-order valence-corrected chi connectivity index (χ1v) is 7.24. The Labute approximate surface area is 128 Å². The van der Waals surface area contributed by atoms with Crippen molar-refractivity contribution in [2.24, 2.45) is 0 Å². The van der Waals surface area contributed by atoms with Crippen molar-refractivity contribution in [3.05, 3.63) is 70.4 Å². The van der Waals surface area contributed by atoms with E-state index < -0.39 is 0 Å². The van der Waals surface area contributed by atoms with E-state index in [1.54, 1.807) is 0 Å². The van der Waals surface area contributed by atoms with E-state index in [2.05, 4.69) is 41.5 Å². The Kier molecular flexibility index (Phi) is 2.59. The van der Waals surface area contributed by atoms with Crippen LogP contribution < -0.4 is 5.73 Å². The zero-order valence-corrected chi connectivity index (χ0v) is 12.3. The molecule has 104 valence electrons. The van der Waals surface area contributed by atoms with Gasteiger partial charge < -0.3 is 5.73 Å². The van der Waals surface area contributed by atoms with E-state index in [0.717, 1.165) is 5.69 Å². The molecule has 4 rings (SSSR count). The van der Waals surface area contributed by atoms with Crippen molar-refractivity contribution in [3.63, 3.8) is 0 Å². The highest BCUT2D eigenvalue weighted by Crippen LogP contribution is 2.46. The number of nitrogens with two attached hydrogens (primary N) is 1. The number of hydrogen-bond donors (Lipinski definition) is 1. The smallest absolute Gasteiger partial charge is 0.141 e. The fourth-order valence-electron chi connectivity index (χ4n) is 3.13. The van der Waals surface area contributed by atoms with Gasteiger partial charge in [0, 0.05) is 0 Å². The minimum atomic E-state index is -0.0106. The standard InChI is InChI=1S/C17H14ClN3/c1-10-15(18)17(19)21(20-10)16-13-8-4-2-6-11(13)12-7-3-5-9-14(12)16/h2-9,16H,19H2,1H3. The number of anilines is 1. The summed E-state index contributed by atoms with van der Waals surface area (Å²) >= 11 is 6.22. The van der Waals surface area contributed by atoms with Gasteiger partial charge in [-0.05, 0) is 29.2 Å². The van der Waals surface area contributed by atoms with E-state index in [-0.39, 0.29) is 6.04 Å². The van der Waals surface area contributed by atoms with Gasteiger partial charge in [0.15, 0.2) is 0 Å². The predicted molar refractivity (Wildman–Crippen MR) is 85.5 cm³/mol. The van der Waals surface area contributed by atoms with Gasteiger partial charge in [0.05, 0.1) is 5.69 Å². The normalized spacial score (nSPS) is 13.2. The second-order valence-electron chi connectivity index (χ2n) is 5.31. The molecule has 0 amide bonds. The van der Waals surface area contributed by atoms with Crippen molar-refractivity contribution >= 4 is 17.4 Å². The van der Waals surface area contributed by atoms with Crippen LogP contribution in [0.25, 0.3) is 11.1 Å². The van der Waals surface area contributed by atoms with Crippen LogP contribution >= 0.6 is 11.6 Å². The summed E-state index contributed by atoms with van der Waals surface area (Å²) < 4.78 is 1.84. The first kappa shape index (κ1) is 12.5. The van der Waals surface area contributed by atoms with Gasteiger partial charge in [-0.1, -0.05) is 60.1 Å². The fraction of sp³-hybridized carbons (Fsp3) is 0.118. The zero-order valence-electron chi connectivity index (χ0n) is 11.5. The summed E-state index contributed by atoms with van der Waals surface area (Å²) in [6.07, 6.45) is 0. The molecule has 0 saturated heterocycles. The molecule has 0 fully saturated rings. The summed E-state index contributed by atoms with van der Waals surface area (Å²) in [5.41, 5.74) is 11.8. The summed E-state index contributed by atoms with van der Waals surface area (Å²) in [5.74, 6) is 0.519. The van der Waals surface area contributed by atoms with Crippen molar-refractivity contribution in [1.82, 2.24) is 9.78 Å². The summed E-state index contributed by atoms with van der Waals surface area (Å²) in [5, 5.41) is 5.09. The minimum absolute atomic E-state index is 0.0106. The van der Waals surface area contributed by atoms with Gasteiger partial charge in [0.1, 0.15) is 16.9 Å². The van der Waals surface area contributed by atoms with Gasteiger partial charge in [-0.15, -0.1) is 0 Å². The third-order valence-electron chi connectivity index (χ3n) is 4.09. The molecule has 1 aliphatic carbocycles. The molecule has 0 bridgehead atoms. The molecular formula is C17H14ClN3. The highest BCUT2D eigenvalue weighted by molar-refractivity contribution is 6.33. The average Bonchev–Trinajstić information content (AvgIpc) is 2.97. The largest absolute Gasteiger partial charge is 0.383 e. The van der Waals surface area contributed by atoms with Crippen LogP contribution in [0.4, 0.5) is 5.82 Å². The molecule has 3 nitrogen and oxygen atoms in total. The van der Waals surface area contributed by atoms with E-state index in [9.17, 15) is 0 Å². The van der Waals surface area contributed by atoms with Gasteiger partial charge in [-0.3, -0.25) is 0 Å². The Morgan fingerprint density at radius 2 is 1.52 bits per heavy atom. The van der Waals surface area contributed by atoms with Gasteiger partial charge >= 0.3 is 0 Å². The van der Waals surface area contributed by atoms with Crippen molar-refractivity contribution in [2.45, 2.75) is 13.0 Å². The average molecular weight is 296 g/mol. The number of rotatable bonds is 1. The molecule has 21 heavy (non-hydrogen) atoms. The maximum atomic E-state index is 6.22. The Morgan fingerprint density at radius 3 is 2.00 bits per heavy atom. The number of aryl methyl sites for hydroxylation is 1. The van der Waals surface area contributed by atoms with Crippen molar-refractivity contribution < 1.29 is 0 Å². The van der Waals surface area contributed by atoms with Crippen LogP contribution in [0, 0.1) is 6.92 Å². The molecule has 3 aromatic rings. The van der Waals surface area contributed by atoms with E-state index in [0.29, 0.717) is 10.8 Å². The number of hydrogen-bond acceptors (Lipinski definition) is 2. The molecule has 0 aliphatic heterocycles. The molecule has 0 saturated carbocycles. The fourth-order valence-corrected chi connectivity index (χ4v) is 3.26. The number of halogens is 1. The minimum Gasteiger partial charge on any atom is -0.383 e. The Balaban J connectivity index is 2.03. The number of benzene rings is 2. The first-order valence-electron chi connectivity index (χ1n) is 6.87. The lowest BCUT2D eigenvalue weighted by atomic mass is 10.1. The summed E-state index contributed by atoms with van der Waals surface area (Å²) in [7, 11) is 0. The Bertz CT molecular complexity index is 805. The van der Waals surface area contributed by atoms with Gasteiger partial charge in [0.2, 0.25) is 0 Å². The molecule has 2 N–H and O–H groups in total. The SMILES string of the molecule is Cc1nn(C2c3ccccc3-c3ccccc32)c(N)c1Cl. The third kappa shape index (κ3) is 1.64.